The summed E-state index contributed by atoms with van der Waals surface area (Å²) in [5.74, 6) is 0. The van der Waals surface area contributed by atoms with Crippen molar-refractivity contribution in [2.24, 2.45) is 11.1 Å². The Balaban J connectivity index is 5.66. The molecule has 4 N–H and O–H groups in total. The summed E-state index contributed by atoms with van der Waals surface area (Å²) in [5, 5.41) is 11.9. The molecule has 2 amide bonds. The van der Waals surface area contributed by atoms with Crippen molar-refractivity contribution in [3.05, 3.63) is 0 Å². The fourth-order valence-corrected chi connectivity index (χ4v) is 1.28. The van der Waals surface area contributed by atoms with E-state index in [2.05, 4.69) is 14.8 Å². The molecule has 0 saturated heterocycles. The molecule has 112 valence electrons. The number of hydrogen-bond donors (Lipinski definition) is 3. The summed E-state index contributed by atoms with van der Waals surface area (Å²) in [6.07, 6.45) is -4.25. The van der Waals surface area contributed by atoms with Crippen LogP contribution in [0.3, 0.4) is 0 Å². The number of hydrogen-bond acceptors (Lipinski definition) is 5. The third kappa shape index (κ3) is 9.12. The van der Waals surface area contributed by atoms with E-state index in [1.165, 1.54) is 6.92 Å². The summed E-state index contributed by atoms with van der Waals surface area (Å²) in [6, 6.07) is -0.333. The molecule has 0 spiro atoms. The fraction of sp³-hybridized carbons (Fsp3) is 0.833. The third-order valence-electron chi connectivity index (χ3n) is 1.86. The van der Waals surface area contributed by atoms with Crippen molar-refractivity contribution in [1.29, 1.82) is 0 Å². The van der Waals surface area contributed by atoms with Gasteiger partial charge in [0.15, 0.2) is 0 Å². The Hall–Kier alpha value is -1.50. The van der Waals surface area contributed by atoms with Gasteiger partial charge in [-0.05, 0) is 27.2 Å². The molecule has 0 saturated carbocycles. The Bertz CT molecular complexity index is 445. The quantitative estimate of drug-likeness (QED) is 0.644. The second-order valence-electron chi connectivity index (χ2n) is 4.70. The van der Waals surface area contributed by atoms with Crippen molar-refractivity contribution in [2.75, 3.05) is 13.1 Å². The van der Waals surface area contributed by atoms with Crippen LogP contribution in [0.2, 0.25) is 0 Å². The molecular weight excluding hydrogens is 252 g/mol. The maximum absolute atomic E-state index is 11.7. The Kier molecular flexibility index (Phi) is 4.67. The van der Waals surface area contributed by atoms with Crippen LogP contribution in [0.25, 0.3) is 0 Å². The first-order valence-electron chi connectivity index (χ1n) is 7.80. The number of aliphatic hydroxyl groups is 1. The Morgan fingerprint density at radius 1 is 1.37 bits per heavy atom. The molecule has 0 heterocycles. The highest BCUT2D eigenvalue weighted by Crippen LogP contribution is 2.24. The fourth-order valence-electron chi connectivity index (χ4n) is 1.28. The van der Waals surface area contributed by atoms with Crippen molar-refractivity contribution in [1.82, 2.24) is 5.32 Å². The van der Waals surface area contributed by atoms with Crippen molar-refractivity contribution >= 4 is 12.2 Å². The number of amides is 2. The van der Waals surface area contributed by atoms with E-state index >= 15 is 0 Å². The van der Waals surface area contributed by atoms with E-state index in [0.29, 0.717) is 0 Å². The van der Waals surface area contributed by atoms with Crippen LogP contribution in [0.15, 0.2) is 0 Å². The summed E-state index contributed by atoms with van der Waals surface area (Å²) in [4.78, 5) is 22.6. The van der Waals surface area contributed by atoms with Gasteiger partial charge >= 0.3 is 12.2 Å². The van der Waals surface area contributed by atoms with E-state index in [0.717, 1.165) is 6.92 Å². The van der Waals surface area contributed by atoms with Crippen LogP contribution < -0.4 is 11.1 Å². The number of primary amides is 1. The smallest absolute Gasteiger partial charge is 0.407 e. The molecular formula is C12H24N2O5. The molecule has 7 nitrogen and oxygen atoms in total. The van der Waals surface area contributed by atoms with E-state index < -0.39 is 43.2 Å². The Labute approximate surface area is 119 Å². The van der Waals surface area contributed by atoms with Gasteiger partial charge in [-0.2, -0.15) is 0 Å². The summed E-state index contributed by atoms with van der Waals surface area (Å²) >= 11 is 0. The van der Waals surface area contributed by atoms with Crippen LogP contribution >= 0.6 is 0 Å². The molecule has 2 unspecified atom stereocenters. The highest BCUT2D eigenvalue weighted by Gasteiger charge is 2.30. The van der Waals surface area contributed by atoms with Crippen LogP contribution in [0, 0.1) is 5.41 Å². The standard InChI is InChI=1S/C12H24N2O5/c1-8(2)14-11(17)19-7-12(4,5-9(3)15)6-18-10(13)16/h8-9,15H,5-7H2,1-4H3,(H2,13,16)(H,14,17)/i6D2,7D2. The first-order chi connectivity index (χ1) is 10.1. The Morgan fingerprint density at radius 2 is 1.89 bits per heavy atom. The SMILES string of the molecule is [2H]C([2H])(OC(N)=O)C(C)(CC(C)O)C([2H])([2H])OC(=O)NC(C)C. The van der Waals surface area contributed by atoms with Crippen molar-refractivity contribution in [3.63, 3.8) is 0 Å². The van der Waals surface area contributed by atoms with Crippen LogP contribution in [0.5, 0.6) is 0 Å². The lowest BCUT2D eigenvalue weighted by Gasteiger charge is -2.29. The van der Waals surface area contributed by atoms with Gasteiger partial charge in [0.1, 0.15) is 13.1 Å². The lowest BCUT2D eigenvalue weighted by atomic mass is 9.86. The van der Waals surface area contributed by atoms with Crippen LogP contribution in [-0.2, 0) is 9.47 Å². The van der Waals surface area contributed by atoms with Gasteiger partial charge < -0.3 is 25.6 Å². The molecule has 0 aromatic rings. The van der Waals surface area contributed by atoms with Gasteiger partial charge in [-0.15, -0.1) is 0 Å². The maximum Gasteiger partial charge on any atom is 0.407 e. The molecule has 0 bridgehead atoms. The molecule has 0 aromatic heterocycles. The summed E-state index contributed by atoms with van der Waals surface area (Å²) in [5.41, 5.74) is 2.59. The zero-order valence-corrected chi connectivity index (χ0v) is 11.5. The number of nitrogens with two attached hydrogens (primary N) is 1. The average molecular weight is 280 g/mol. The first-order valence-corrected chi connectivity index (χ1v) is 5.80. The predicted octanol–water partition coefficient (Wildman–Crippen LogP) is 0.993. The van der Waals surface area contributed by atoms with Gasteiger partial charge in [-0.3, -0.25) is 0 Å². The minimum atomic E-state index is -2.95. The number of carbonyl (C=O) groups is 2. The molecule has 0 rings (SSSR count). The van der Waals surface area contributed by atoms with Gasteiger partial charge in [0.05, 0.1) is 11.6 Å². The van der Waals surface area contributed by atoms with Gasteiger partial charge in [-0.25, -0.2) is 9.59 Å². The second-order valence-corrected chi connectivity index (χ2v) is 4.70. The molecule has 0 aromatic carbocycles. The van der Waals surface area contributed by atoms with Crippen LogP contribution in [-0.4, -0.2) is 42.6 Å². The molecule has 0 aliphatic rings. The molecule has 19 heavy (non-hydrogen) atoms. The lowest BCUT2D eigenvalue weighted by molar-refractivity contribution is 0.00790. The number of ether oxygens (including phenoxy) is 2. The summed E-state index contributed by atoms with van der Waals surface area (Å²) in [7, 11) is 0. The van der Waals surface area contributed by atoms with Crippen LogP contribution in [0.1, 0.15) is 39.6 Å². The minimum Gasteiger partial charge on any atom is -0.449 e. The first kappa shape index (κ1) is 11.3. The van der Waals surface area contributed by atoms with E-state index in [1.54, 1.807) is 13.8 Å². The number of rotatable bonds is 7. The van der Waals surface area contributed by atoms with Crippen molar-refractivity contribution in [3.8, 4) is 0 Å². The molecule has 7 heteroatoms. The van der Waals surface area contributed by atoms with E-state index in [4.69, 9.17) is 11.2 Å². The zero-order chi connectivity index (χ0) is 18.6. The van der Waals surface area contributed by atoms with Gasteiger partial charge in [0.25, 0.3) is 0 Å². The Morgan fingerprint density at radius 3 is 2.32 bits per heavy atom. The molecule has 0 radical (unpaired) electrons. The number of alkyl carbamates (subject to hydrolysis) is 1. The van der Waals surface area contributed by atoms with Gasteiger partial charge in [0, 0.05) is 11.5 Å². The summed E-state index contributed by atoms with van der Waals surface area (Å²) < 4.78 is 40.6. The van der Waals surface area contributed by atoms with Crippen molar-refractivity contribution in [2.45, 2.75) is 46.3 Å². The van der Waals surface area contributed by atoms with Gasteiger partial charge in [-0.1, -0.05) is 6.92 Å². The van der Waals surface area contributed by atoms with E-state index in [1.807, 2.05) is 0 Å². The van der Waals surface area contributed by atoms with E-state index in [-0.39, 0.29) is 6.04 Å². The number of aliphatic hydroxyl groups excluding tert-OH is 1. The van der Waals surface area contributed by atoms with Crippen LogP contribution in [0.4, 0.5) is 9.59 Å². The maximum atomic E-state index is 11.7. The van der Waals surface area contributed by atoms with Crippen molar-refractivity contribution < 1.29 is 29.7 Å². The summed E-state index contributed by atoms with van der Waals surface area (Å²) in [6.45, 7) is -0.268. The normalized spacial score (nSPS) is 20.1. The third-order valence-corrected chi connectivity index (χ3v) is 1.86. The molecule has 2 atom stereocenters. The largest absolute Gasteiger partial charge is 0.449 e. The van der Waals surface area contributed by atoms with E-state index in [9.17, 15) is 14.7 Å². The number of nitrogens with one attached hydrogen (secondary N) is 1. The second kappa shape index (κ2) is 7.83. The lowest BCUT2D eigenvalue weighted by Crippen LogP contribution is -2.38. The molecule has 0 fully saturated rings. The zero-order valence-electron chi connectivity index (χ0n) is 15.5. The molecule has 0 aliphatic heterocycles. The topological polar surface area (TPSA) is 111 Å². The average Bonchev–Trinajstić information content (AvgIpc) is 2.22. The number of carbonyl (C=O) groups excluding carboxylic acids is 2. The highest BCUT2D eigenvalue weighted by atomic mass is 16.6. The highest BCUT2D eigenvalue weighted by molar-refractivity contribution is 5.67. The van der Waals surface area contributed by atoms with Gasteiger partial charge in [0.2, 0.25) is 0 Å². The monoisotopic (exact) mass is 280 g/mol. The minimum absolute atomic E-state index is 0.333. The predicted molar refractivity (Wildman–Crippen MR) is 69.6 cm³/mol. The molecule has 0 aliphatic carbocycles.